The lowest BCUT2D eigenvalue weighted by Crippen LogP contribution is -2.46. The lowest BCUT2D eigenvalue weighted by Gasteiger charge is -2.45. The van der Waals surface area contributed by atoms with Crippen LogP contribution in [-0.2, 0) is 16.0 Å². The summed E-state index contributed by atoms with van der Waals surface area (Å²) in [6.45, 7) is 15.5. The third-order valence-electron chi connectivity index (χ3n) is 6.38. The van der Waals surface area contributed by atoms with E-state index in [0.29, 0.717) is 23.5 Å². The standard InChI is InChI=1S/C26H39NO4.BrH/c1-8-15-27-16-9-10-18-17-12-14-21(30-23(28)25(2,3)4)22(19(17)11-13-20(18)27)31-24(29)26(5,6)7;/h12,14,18,20H,8-11,13,15-16H2,1-7H3;1H/t18-,20-;/m1./s1. The quantitative estimate of drug-likeness (QED) is 0.364. The highest BCUT2D eigenvalue weighted by Crippen LogP contribution is 2.47. The van der Waals surface area contributed by atoms with Gasteiger partial charge in [0.1, 0.15) is 0 Å². The Labute approximate surface area is 204 Å². The molecule has 0 unspecified atom stereocenters. The molecule has 1 heterocycles. The maximum absolute atomic E-state index is 12.8. The van der Waals surface area contributed by atoms with E-state index in [2.05, 4.69) is 17.9 Å². The van der Waals surface area contributed by atoms with Gasteiger partial charge in [-0.2, -0.15) is 0 Å². The zero-order valence-electron chi connectivity index (χ0n) is 20.7. The minimum Gasteiger partial charge on any atom is -0.422 e. The summed E-state index contributed by atoms with van der Waals surface area (Å²) in [6, 6.07) is 4.46. The van der Waals surface area contributed by atoms with Crippen LogP contribution in [0.3, 0.4) is 0 Å². The third-order valence-corrected chi connectivity index (χ3v) is 6.38. The van der Waals surface area contributed by atoms with Crippen molar-refractivity contribution in [3.05, 3.63) is 23.3 Å². The molecule has 3 rings (SSSR count). The Morgan fingerprint density at radius 3 is 2.22 bits per heavy atom. The summed E-state index contributed by atoms with van der Waals surface area (Å²) in [5.41, 5.74) is 1.00. The van der Waals surface area contributed by atoms with Crippen molar-refractivity contribution in [1.82, 2.24) is 4.90 Å². The van der Waals surface area contributed by atoms with Crippen LogP contribution in [-0.4, -0.2) is 36.0 Å². The minimum atomic E-state index is -0.645. The highest BCUT2D eigenvalue weighted by atomic mass is 79.9. The first-order valence-corrected chi connectivity index (χ1v) is 11.8. The summed E-state index contributed by atoms with van der Waals surface area (Å²) in [5.74, 6) is 0.592. The van der Waals surface area contributed by atoms with Crippen LogP contribution in [0.25, 0.3) is 0 Å². The van der Waals surface area contributed by atoms with Gasteiger partial charge in [-0.05, 0) is 104 Å². The SMILES string of the molecule is Br.CCCN1CCC[C@@H]2c3ccc(OC(=O)C(C)(C)C)c(OC(=O)C(C)(C)C)c3CC[C@H]21. The smallest absolute Gasteiger partial charge is 0.316 e. The van der Waals surface area contributed by atoms with E-state index in [9.17, 15) is 9.59 Å². The predicted octanol–water partition coefficient (Wildman–Crippen LogP) is 6.07. The van der Waals surface area contributed by atoms with Crippen molar-refractivity contribution in [2.75, 3.05) is 13.1 Å². The molecule has 180 valence electrons. The number of ether oxygens (including phenoxy) is 2. The van der Waals surface area contributed by atoms with Gasteiger partial charge in [-0.15, -0.1) is 17.0 Å². The second-order valence-corrected chi connectivity index (χ2v) is 11.1. The van der Waals surface area contributed by atoms with Crippen LogP contribution in [0.15, 0.2) is 12.1 Å². The Bertz CT molecular complexity index is 835. The number of esters is 2. The number of hydrogen-bond acceptors (Lipinski definition) is 5. The first-order chi connectivity index (χ1) is 14.4. The van der Waals surface area contributed by atoms with Crippen LogP contribution < -0.4 is 9.47 Å². The molecule has 1 saturated heterocycles. The molecule has 5 nitrogen and oxygen atoms in total. The van der Waals surface area contributed by atoms with Crippen molar-refractivity contribution in [2.24, 2.45) is 10.8 Å². The van der Waals surface area contributed by atoms with Crippen LogP contribution in [0.4, 0.5) is 0 Å². The fourth-order valence-corrected chi connectivity index (χ4v) is 4.65. The van der Waals surface area contributed by atoms with E-state index in [0.717, 1.165) is 44.3 Å². The van der Waals surface area contributed by atoms with E-state index in [4.69, 9.17) is 9.47 Å². The number of fused-ring (bicyclic) bond motifs is 3. The number of hydrogen-bond donors (Lipinski definition) is 0. The molecule has 0 aromatic heterocycles. The molecular formula is C26H40BrNO4. The lowest BCUT2D eigenvalue weighted by molar-refractivity contribution is -0.145. The number of carbonyl (C=O) groups excluding carboxylic acids is 2. The summed E-state index contributed by atoms with van der Waals surface area (Å²) in [4.78, 5) is 28.0. The van der Waals surface area contributed by atoms with Crippen molar-refractivity contribution in [2.45, 2.75) is 92.5 Å². The van der Waals surface area contributed by atoms with Gasteiger partial charge >= 0.3 is 11.9 Å². The van der Waals surface area contributed by atoms with E-state index >= 15 is 0 Å². The van der Waals surface area contributed by atoms with Crippen molar-refractivity contribution < 1.29 is 19.1 Å². The van der Waals surface area contributed by atoms with Crippen LogP contribution in [0.2, 0.25) is 0 Å². The third kappa shape index (κ3) is 5.74. The number of nitrogens with zero attached hydrogens (tertiary/aromatic N) is 1. The Kier molecular flexibility index (Phi) is 8.60. The molecule has 0 radical (unpaired) electrons. The first-order valence-electron chi connectivity index (χ1n) is 11.8. The maximum atomic E-state index is 12.8. The Hall–Kier alpha value is -1.40. The van der Waals surface area contributed by atoms with Gasteiger partial charge in [-0.3, -0.25) is 14.5 Å². The maximum Gasteiger partial charge on any atom is 0.316 e. The molecule has 0 saturated carbocycles. The Balaban J connectivity index is 0.00000363. The Morgan fingerprint density at radius 1 is 1.00 bits per heavy atom. The number of benzene rings is 1. The number of halogens is 1. The van der Waals surface area contributed by atoms with Crippen molar-refractivity contribution in [3.8, 4) is 11.5 Å². The molecule has 0 spiro atoms. The van der Waals surface area contributed by atoms with Gasteiger partial charge in [-0.1, -0.05) is 13.0 Å². The molecule has 6 heteroatoms. The summed E-state index contributed by atoms with van der Waals surface area (Å²) < 4.78 is 11.7. The molecule has 2 atom stereocenters. The summed E-state index contributed by atoms with van der Waals surface area (Å²) >= 11 is 0. The van der Waals surface area contributed by atoms with Gasteiger partial charge in [0.2, 0.25) is 0 Å². The highest BCUT2D eigenvalue weighted by Gasteiger charge is 2.39. The van der Waals surface area contributed by atoms with Gasteiger partial charge in [0.15, 0.2) is 11.5 Å². The van der Waals surface area contributed by atoms with Crippen LogP contribution >= 0.6 is 17.0 Å². The number of likely N-dealkylation sites (tertiary alicyclic amines) is 1. The number of carbonyl (C=O) groups is 2. The number of rotatable bonds is 4. The zero-order chi connectivity index (χ0) is 23.0. The van der Waals surface area contributed by atoms with Gasteiger partial charge in [0.25, 0.3) is 0 Å². The molecule has 1 aliphatic heterocycles. The van der Waals surface area contributed by atoms with E-state index < -0.39 is 10.8 Å². The molecule has 2 aliphatic rings. The molecule has 1 aromatic carbocycles. The van der Waals surface area contributed by atoms with E-state index in [1.165, 1.54) is 12.0 Å². The monoisotopic (exact) mass is 509 g/mol. The van der Waals surface area contributed by atoms with E-state index in [-0.39, 0.29) is 28.9 Å². The van der Waals surface area contributed by atoms with Crippen molar-refractivity contribution >= 4 is 28.9 Å². The lowest BCUT2D eigenvalue weighted by atomic mass is 9.74. The van der Waals surface area contributed by atoms with Crippen LogP contribution in [0, 0.1) is 10.8 Å². The zero-order valence-corrected chi connectivity index (χ0v) is 22.5. The molecule has 0 amide bonds. The molecule has 0 bridgehead atoms. The molecule has 0 N–H and O–H groups in total. The molecular weight excluding hydrogens is 470 g/mol. The van der Waals surface area contributed by atoms with Crippen LogP contribution in [0.5, 0.6) is 11.5 Å². The minimum absolute atomic E-state index is 0. The van der Waals surface area contributed by atoms with Crippen molar-refractivity contribution in [3.63, 3.8) is 0 Å². The van der Waals surface area contributed by atoms with Crippen LogP contribution in [0.1, 0.15) is 91.2 Å². The fraction of sp³-hybridized carbons (Fsp3) is 0.692. The molecule has 1 aliphatic carbocycles. The average Bonchev–Trinajstić information content (AvgIpc) is 2.68. The second kappa shape index (κ2) is 10.3. The second-order valence-electron chi connectivity index (χ2n) is 11.1. The first kappa shape index (κ1) is 26.8. The summed E-state index contributed by atoms with van der Waals surface area (Å²) in [7, 11) is 0. The van der Waals surface area contributed by atoms with Gasteiger partial charge in [0.05, 0.1) is 10.8 Å². The summed E-state index contributed by atoms with van der Waals surface area (Å²) in [5, 5.41) is 0. The highest BCUT2D eigenvalue weighted by molar-refractivity contribution is 8.93. The molecule has 1 aromatic rings. The van der Waals surface area contributed by atoms with E-state index in [1.54, 1.807) is 0 Å². The molecule has 32 heavy (non-hydrogen) atoms. The normalized spacial score (nSPS) is 21.1. The van der Waals surface area contributed by atoms with Gasteiger partial charge < -0.3 is 9.47 Å². The molecule has 1 fully saturated rings. The number of piperidine rings is 1. The fourth-order valence-electron chi connectivity index (χ4n) is 4.65. The topological polar surface area (TPSA) is 55.8 Å². The van der Waals surface area contributed by atoms with Gasteiger partial charge in [-0.25, -0.2) is 0 Å². The summed E-state index contributed by atoms with van der Waals surface area (Å²) in [6.07, 6.45) is 5.34. The Morgan fingerprint density at radius 2 is 1.62 bits per heavy atom. The predicted molar refractivity (Wildman–Crippen MR) is 133 cm³/mol. The average molecular weight is 511 g/mol. The van der Waals surface area contributed by atoms with Gasteiger partial charge in [0, 0.05) is 11.6 Å². The van der Waals surface area contributed by atoms with Crippen molar-refractivity contribution in [1.29, 1.82) is 0 Å². The van der Waals surface area contributed by atoms with E-state index in [1.807, 2.05) is 47.6 Å². The largest absolute Gasteiger partial charge is 0.422 e.